The van der Waals surface area contributed by atoms with Crippen molar-refractivity contribution in [2.75, 3.05) is 49.4 Å². The van der Waals surface area contributed by atoms with Crippen LogP contribution in [0.1, 0.15) is 6.42 Å². The second-order valence-electron chi connectivity index (χ2n) is 6.87. The molecule has 1 N–H and O–H groups in total. The Kier molecular flexibility index (Phi) is 7.06. The molecule has 2 aromatic carbocycles. The first-order chi connectivity index (χ1) is 15.2. The van der Waals surface area contributed by atoms with Gasteiger partial charge in [-0.05, 0) is 36.4 Å². The molecule has 0 aliphatic carbocycles. The summed E-state index contributed by atoms with van der Waals surface area (Å²) < 4.78 is 16.4. The SMILES string of the molecule is COc1ccccc1-c1nnc(SCCC(=O)Nc2ccc(N3CCOCC3)cc2)o1. The molecule has 31 heavy (non-hydrogen) atoms. The molecule has 3 aromatic rings. The molecule has 8 nitrogen and oxygen atoms in total. The lowest BCUT2D eigenvalue weighted by atomic mass is 10.2. The molecule has 0 spiro atoms. The van der Waals surface area contributed by atoms with E-state index >= 15 is 0 Å². The summed E-state index contributed by atoms with van der Waals surface area (Å²) in [5.41, 5.74) is 2.66. The minimum atomic E-state index is -0.0592. The van der Waals surface area contributed by atoms with Crippen molar-refractivity contribution in [3.8, 4) is 17.2 Å². The molecule has 1 aliphatic rings. The monoisotopic (exact) mass is 440 g/mol. The van der Waals surface area contributed by atoms with Crippen LogP contribution in [0.3, 0.4) is 0 Å². The molecule has 0 unspecified atom stereocenters. The molecule has 1 fully saturated rings. The summed E-state index contributed by atoms with van der Waals surface area (Å²) in [6, 6.07) is 15.3. The van der Waals surface area contributed by atoms with Crippen molar-refractivity contribution in [3.05, 3.63) is 48.5 Å². The van der Waals surface area contributed by atoms with Crippen LogP contribution in [0.15, 0.2) is 58.2 Å². The van der Waals surface area contributed by atoms with Crippen molar-refractivity contribution in [2.45, 2.75) is 11.6 Å². The summed E-state index contributed by atoms with van der Waals surface area (Å²) in [5.74, 6) is 1.54. The van der Waals surface area contributed by atoms with E-state index in [1.165, 1.54) is 11.8 Å². The van der Waals surface area contributed by atoms with Crippen LogP contribution in [-0.4, -0.2) is 55.3 Å². The lowest BCUT2D eigenvalue weighted by molar-refractivity contribution is -0.115. The third-order valence-electron chi connectivity index (χ3n) is 4.83. The number of benzene rings is 2. The fraction of sp³-hybridized carbons (Fsp3) is 0.318. The zero-order chi connectivity index (χ0) is 21.5. The summed E-state index contributed by atoms with van der Waals surface area (Å²) in [4.78, 5) is 14.5. The number of aromatic nitrogens is 2. The van der Waals surface area contributed by atoms with Gasteiger partial charge in [0.05, 0.1) is 25.9 Å². The van der Waals surface area contributed by atoms with Crippen molar-refractivity contribution in [1.29, 1.82) is 0 Å². The van der Waals surface area contributed by atoms with Crippen LogP contribution < -0.4 is 15.0 Å². The average Bonchev–Trinajstić information content (AvgIpc) is 3.29. The Balaban J connectivity index is 1.25. The number of carbonyl (C=O) groups is 1. The van der Waals surface area contributed by atoms with Gasteiger partial charge in [0, 0.05) is 36.6 Å². The van der Waals surface area contributed by atoms with Crippen LogP contribution in [0.25, 0.3) is 11.5 Å². The molecule has 0 bridgehead atoms. The van der Waals surface area contributed by atoms with Crippen molar-refractivity contribution >= 4 is 29.0 Å². The molecular formula is C22H24N4O4S. The fourth-order valence-corrected chi connectivity index (χ4v) is 3.93. The highest BCUT2D eigenvalue weighted by Crippen LogP contribution is 2.30. The van der Waals surface area contributed by atoms with Gasteiger partial charge in [-0.15, -0.1) is 10.2 Å². The molecule has 162 valence electrons. The van der Waals surface area contributed by atoms with Gasteiger partial charge >= 0.3 is 0 Å². The maximum Gasteiger partial charge on any atom is 0.276 e. The Morgan fingerprint density at radius 2 is 1.90 bits per heavy atom. The number of nitrogens with one attached hydrogen (secondary N) is 1. The number of nitrogens with zero attached hydrogens (tertiary/aromatic N) is 3. The van der Waals surface area contributed by atoms with E-state index in [2.05, 4.69) is 20.4 Å². The smallest absolute Gasteiger partial charge is 0.276 e. The Morgan fingerprint density at radius 1 is 1.13 bits per heavy atom. The molecule has 4 rings (SSSR count). The first-order valence-corrected chi connectivity index (χ1v) is 11.0. The van der Waals surface area contributed by atoms with Gasteiger partial charge in [-0.25, -0.2) is 0 Å². The van der Waals surface area contributed by atoms with Crippen molar-refractivity contribution in [1.82, 2.24) is 10.2 Å². The van der Waals surface area contributed by atoms with Crippen molar-refractivity contribution in [2.24, 2.45) is 0 Å². The number of rotatable bonds is 8. The molecular weight excluding hydrogens is 416 g/mol. The van der Waals surface area contributed by atoms with Crippen LogP contribution in [0, 0.1) is 0 Å². The first kappa shape index (κ1) is 21.2. The number of morpholine rings is 1. The summed E-state index contributed by atoms with van der Waals surface area (Å²) >= 11 is 1.35. The summed E-state index contributed by atoms with van der Waals surface area (Å²) in [6.45, 7) is 3.27. The van der Waals surface area contributed by atoms with Gasteiger partial charge in [0.1, 0.15) is 5.75 Å². The molecule has 0 radical (unpaired) electrons. The zero-order valence-electron chi connectivity index (χ0n) is 17.2. The van der Waals surface area contributed by atoms with Crippen molar-refractivity contribution < 1.29 is 18.7 Å². The molecule has 9 heteroatoms. The van der Waals surface area contributed by atoms with Crippen LogP contribution in [-0.2, 0) is 9.53 Å². The predicted molar refractivity (Wildman–Crippen MR) is 120 cm³/mol. The Morgan fingerprint density at radius 3 is 2.68 bits per heavy atom. The number of para-hydroxylation sites is 1. The lowest BCUT2D eigenvalue weighted by Gasteiger charge is -2.28. The van der Waals surface area contributed by atoms with Crippen LogP contribution in [0.5, 0.6) is 5.75 Å². The second-order valence-corrected chi connectivity index (χ2v) is 7.91. The maximum atomic E-state index is 12.3. The quantitative estimate of drug-likeness (QED) is 0.531. The maximum absolute atomic E-state index is 12.3. The van der Waals surface area contributed by atoms with Gasteiger partial charge in [0.15, 0.2) is 0 Å². The Bertz CT molecular complexity index is 1000. The topological polar surface area (TPSA) is 89.7 Å². The Labute approximate surface area is 184 Å². The number of thioether (sulfide) groups is 1. The molecule has 0 saturated carbocycles. The van der Waals surface area contributed by atoms with Crippen LogP contribution in [0.4, 0.5) is 11.4 Å². The summed E-state index contributed by atoms with van der Waals surface area (Å²) in [7, 11) is 1.60. The Hall–Kier alpha value is -3.04. The predicted octanol–water partition coefficient (Wildman–Crippen LogP) is 3.70. The van der Waals surface area contributed by atoms with Crippen LogP contribution in [0.2, 0.25) is 0 Å². The number of hydrogen-bond acceptors (Lipinski definition) is 8. The number of anilines is 2. The molecule has 1 saturated heterocycles. The van der Waals surface area contributed by atoms with Crippen molar-refractivity contribution in [3.63, 3.8) is 0 Å². The normalized spacial score (nSPS) is 13.8. The first-order valence-electron chi connectivity index (χ1n) is 10.1. The fourth-order valence-electron chi connectivity index (χ4n) is 3.23. The highest BCUT2D eigenvalue weighted by Gasteiger charge is 2.14. The molecule has 1 aliphatic heterocycles. The van der Waals surface area contributed by atoms with Gasteiger partial charge < -0.3 is 24.1 Å². The average molecular weight is 441 g/mol. The van der Waals surface area contributed by atoms with Gasteiger partial charge in [0.25, 0.3) is 11.1 Å². The van der Waals surface area contributed by atoms with E-state index in [4.69, 9.17) is 13.9 Å². The molecule has 2 heterocycles. The minimum absolute atomic E-state index is 0.0592. The van der Waals surface area contributed by atoms with E-state index < -0.39 is 0 Å². The van der Waals surface area contributed by atoms with Gasteiger partial charge in [-0.2, -0.15) is 0 Å². The van der Waals surface area contributed by atoms with E-state index in [1.807, 2.05) is 48.5 Å². The number of hydrogen-bond donors (Lipinski definition) is 1. The number of methoxy groups -OCH3 is 1. The minimum Gasteiger partial charge on any atom is -0.496 e. The number of ether oxygens (including phenoxy) is 2. The van der Waals surface area contributed by atoms with E-state index in [-0.39, 0.29) is 5.91 Å². The van der Waals surface area contributed by atoms with E-state index in [1.54, 1.807) is 7.11 Å². The van der Waals surface area contributed by atoms with Gasteiger partial charge in [-0.3, -0.25) is 4.79 Å². The summed E-state index contributed by atoms with van der Waals surface area (Å²) in [5, 5.41) is 11.5. The molecule has 1 amide bonds. The zero-order valence-corrected chi connectivity index (χ0v) is 18.1. The lowest BCUT2D eigenvalue weighted by Crippen LogP contribution is -2.36. The van der Waals surface area contributed by atoms with Gasteiger partial charge in [0.2, 0.25) is 5.91 Å². The van der Waals surface area contributed by atoms with Crippen LogP contribution >= 0.6 is 11.8 Å². The highest BCUT2D eigenvalue weighted by atomic mass is 32.2. The second kappa shape index (κ2) is 10.3. The third-order valence-corrected chi connectivity index (χ3v) is 5.65. The largest absolute Gasteiger partial charge is 0.496 e. The molecule has 1 aromatic heterocycles. The highest BCUT2D eigenvalue weighted by molar-refractivity contribution is 7.99. The number of amides is 1. The van der Waals surface area contributed by atoms with E-state index in [9.17, 15) is 4.79 Å². The van der Waals surface area contributed by atoms with E-state index in [0.29, 0.717) is 29.0 Å². The van der Waals surface area contributed by atoms with Gasteiger partial charge in [-0.1, -0.05) is 23.9 Å². The number of carbonyl (C=O) groups excluding carboxylic acids is 1. The van der Waals surface area contributed by atoms with E-state index in [0.717, 1.165) is 43.2 Å². The standard InChI is InChI=1S/C22H24N4O4S/c1-28-19-5-3-2-4-18(19)21-24-25-22(30-21)31-15-10-20(27)23-16-6-8-17(9-7-16)26-11-13-29-14-12-26/h2-9H,10-15H2,1H3,(H,23,27). The molecule has 0 atom stereocenters. The summed E-state index contributed by atoms with van der Waals surface area (Å²) in [6.07, 6.45) is 0.336. The third kappa shape index (κ3) is 5.56.